The number of benzene rings is 1. The fourth-order valence-corrected chi connectivity index (χ4v) is 2.18. The predicted octanol–water partition coefficient (Wildman–Crippen LogP) is 0.976. The van der Waals surface area contributed by atoms with Crippen molar-refractivity contribution in [1.82, 2.24) is 9.62 Å². The Balaban J connectivity index is 2.38. The van der Waals surface area contributed by atoms with E-state index < -0.39 is 10.0 Å². The van der Waals surface area contributed by atoms with Crippen LogP contribution in [0.15, 0.2) is 24.3 Å². The minimum atomic E-state index is -3.09. The molecule has 0 aliphatic carbocycles. The third kappa shape index (κ3) is 4.46. The van der Waals surface area contributed by atoms with E-state index in [1.54, 1.807) is 14.1 Å². The highest BCUT2D eigenvalue weighted by molar-refractivity contribution is 7.89. The van der Waals surface area contributed by atoms with Crippen LogP contribution in [0.3, 0.4) is 0 Å². The highest BCUT2D eigenvalue weighted by Gasteiger charge is 2.12. The third-order valence-electron chi connectivity index (χ3n) is 2.67. The maximum Gasteiger partial charge on any atom is 0.214 e. The molecule has 0 fully saturated rings. The van der Waals surface area contributed by atoms with Crippen LogP contribution in [-0.4, -0.2) is 39.1 Å². The zero-order valence-electron chi connectivity index (χ0n) is 10.6. The Kier molecular flexibility index (Phi) is 5.11. The van der Waals surface area contributed by atoms with E-state index in [0.29, 0.717) is 13.1 Å². The van der Waals surface area contributed by atoms with Gasteiger partial charge in [0.2, 0.25) is 10.0 Å². The van der Waals surface area contributed by atoms with E-state index in [0.717, 1.165) is 0 Å². The Morgan fingerprint density at radius 3 is 2.47 bits per heavy atom. The second-order valence-electron chi connectivity index (χ2n) is 4.20. The molecule has 1 rings (SSSR count). The minimum Gasteiger partial charge on any atom is -0.312 e. The molecule has 17 heavy (non-hydrogen) atoms. The number of hydrogen-bond donors (Lipinski definition) is 1. The van der Waals surface area contributed by atoms with Gasteiger partial charge in [-0.25, -0.2) is 12.7 Å². The standard InChI is InChI=1S/C12H20N2O2S/c1-11-6-4-5-7-12(11)10-13-8-9-17(15,16)14(2)3/h4-7,13H,8-10H2,1-3H3. The molecule has 0 spiro atoms. The Hall–Kier alpha value is -0.910. The van der Waals surface area contributed by atoms with Gasteiger partial charge in [0.15, 0.2) is 0 Å². The van der Waals surface area contributed by atoms with Crippen molar-refractivity contribution in [1.29, 1.82) is 0 Å². The summed E-state index contributed by atoms with van der Waals surface area (Å²) in [6, 6.07) is 8.08. The van der Waals surface area contributed by atoms with Gasteiger partial charge in [0.25, 0.3) is 0 Å². The van der Waals surface area contributed by atoms with Crippen LogP contribution < -0.4 is 5.32 Å². The highest BCUT2D eigenvalue weighted by Crippen LogP contribution is 2.05. The first-order chi connectivity index (χ1) is 7.93. The maximum absolute atomic E-state index is 11.5. The fraction of sp³-hybridized carbons (Fsp3) is 0.500. The van der Waals surface area contributed by atoms with Crippen molar-refractivity contribution in [2.75, 3.05) is 26.4 Å². The molecule has 0 saturated heterocycles. The summed E-state index contributed by atoms with van der Waals surface area (Å²) >= 11 is 0. The van der Waals surface area contributed by atoms with Gasteiger partial charge in [-0.15, -0.1) is 0 Å². The van der Waals surface area contributed by atoms with Gasteiger partial charge in [0.05, 0.1) is 5.75 Å². The first-order valence-corrected chi connectivity index (χ1v) is 7.20. The normalized spacial score (nSPS) is 12.0. The van der Waals surface area contributed by atoms with Gasteiger partial charge in [0, 0.05) is 27.2 Å². The molecule has 0 aliphatic heterocycles. The second kappa shape index (κ2) is 6.14. The van der Waals surface area contributed by atoms with Crippen molar-refractivity contribution in [3.63, 3.8) is 0 Å². The molecule has 1 N–H and O–H groups in total. The van der Waals surface area contributed by atoms with Gasteiger partial charge < -0.3 is 5.32 Å². The molecule has 96 valence electrons. The van der Waals surface area contributed by atoms with E-state index in [9.17, 15) is 8.42 Å². The molecule has 0 atom stereocenters. The van der Waals surface area contributed by atoms with E-state index in [4.69, 9.17) is 0 Å². The molecule has 0 aliphatic rings. The smallest absolute Gasteiger partial charge is 0.214 e. The molecule has 0 heterocycles. The summed E-state index contributed by atoms with van der Waals surface area (Å²) in [7, 11) is 0.0126. The fourth-order valence-electron chi connectivity index (χ4n) is 1.42. The first-order valence-electron chi connectivity index (χ1n) is 5.59. The Morgan fingerprint density at radius 2 is 1.88 bits per heavy atom. The third-order valence-corrected chi connectivity index (χ3v) is 4.50. The van der Waals surface area contributed by atoms with Crippen LogP contribution in [-0.2, 0) is 16.6 Å². The van der Waals surface area contributed by atoms with E-state index in [1.165, 1.54) is 15.4 Å². The van der Waals surface area contributed by atoms with Crippen molar-refractivity contribution in [2.24, 2.45) is 0 Å². The van der Waals surface area contributed by atoms with Crippen LogP contribution in [0.25, 0.3) is 0 Å². The lowest BCUT2D eigenvalue weighted by atomic mass is 10.1. The van der Waals surface area contributed by atoms with Crippen LogP contribution >= 0.6 is 0 Å². The van der Waals surface area contributed by atoms with Gasteiger partial charge in [-0.2, -0.15) is 0 Å². The largest absolute Gasteiger partial charge is 0.312 e. The lowest BCUT2D eigenvalue weighted by Gasteiger charge is -2.12. The van der Waals surface area contributed by atoms with Crippen molar-refractivity contribution in [3.05, 3.63) is 35.4 Å². The maximum atomic E-state index is 11.5. The molecular formula is C12H20N2O2S. The topological polar surface area (TPSA) is 49.4 Å². The SMILES string of the molecule is Cc1ccccc1CNCCS(=O)(=O)N(C)C. The van der Waals surface area contributed by atoms with Crippen molar-refractivity contribution in [3.8, 4) is 0 Å². The number of rotatable bonds is 6. The quantitative estimate of drug-likeness (QED) is 0.772. The average molecular weight is 256 g/mol. The Labute approximate surface area is 104 Å². The summed E-state index contributed by atoms with van der Waals surface area (Å²) in [4.78, 5) is 0. The molecule has 0 aromatic heterocycles. The molecular weight excluding hydrogens is 236 g/mol. The molecule has 1 aromatic carbocycles. The second-order valence-corrected chi connectivity index (χ2v) is 6.50. The molecule has 0 saturated carbocycles. The number of nitrogens with one attached hydrogen (secondary N) is 1. The average Bonchev–Trinajstić information content (AvgIpc) is 2.26. The van der Waals surface area contributed by atoms with E-state index in [2.05, 4.69) is 5.32 Å². The molecule has 5 heteroatoms. The van der Waals surface area contributed by atoms with Crippen LogP contribution in [0, 0.1) is 6.92 Å². The van der Waals surface area contributed by atoms with Crippen LogP contribution in [0.5, 0.6) is 0 Å². The van der Waals surface area contributed by atoms with E-state index in [-0.39, 0.29) is 5.75 Å². The van der Waals surface area contributed by atoms with Gasteiger partial charge in [-0.3, -0.25) is 0 Å². The van der Waals surface area contributed by atoms with Crippen LogP contribution in [0.1, 0.15) is 11.1 Å². The van der Waals surface area contributed by atoms with Gasteiger partial charge in [-0.1, -0.05) is 24.3 Å². The molecule has 4 nitrogen and oxygen atoms in total. The zero-order chi connectivity index (χ0) is 12.9. The van der Waals surface area contributed by atoms with E-state index >= 15 is 0 Å². The molecule has 0 radical (unpaired) electrons. The summed E-state index contributed by atoms with van der Waals surface area (Å²) < 4.78 is 24.2. The lowest BCUT2D eigenvalue weighted by molar-refractivity contribution is 0.517. The summed E-state index contributed by atoms with van der Waals surface area (Å²) in [5, 5.41) is 3.15. The summed E-state index contributed by atoms with van der Waals surface area (Å²) in [6.45, 7) is 3.22. The summed E-state index contributed by atoms with van der Waals surface area (Å²) in [5.74, 6) is 0.131. The van der Waals surface area contributed by atoms with Crippen molar-refractivity contribution >= 4 is 10.0 Å². The monoisotopic (exact) mass is 256 g/mol. The number of nitrogens with zero attached hydrogens (tertiary/aromatic N) is 1. The Morgan fingerprint density at radius 1 is 1.24 bits per heavy atom. The summed E-state index contributed by atoms with van der Waals surface area (Å²) in [6.07, 6.45) is 0. The molecule has 0 bridgehead atoms. The van der Waals surface area contributed by atoms with Crippen molar-refractivity contribution in [2.45, 2.75) is 13.5 Å². The van der Waals surface area contributed by atoms with Gasteiger partial charge in [0.1, 0.15) is 0 Å². The zero-order valence-corrected chi connectivity index (χ0v) is 11.4. The summed E-state index contributed by atoms with van der Waals surface area (Å²) in [5.41, 5.74) is 2.42. The van der Waals surface area contributed by atoms with Crippen molar-refractivity contribution < 1.29 is 8.42 Å². The Bertz CT molecular complexity index is 455. The predicted molar refractivity (Wildman–Crippen MR) is 70.4 cm³/mol. The number of hydrogen-bond acceptors (Lipinski definition) is 3. The highest BCUT2D eigenvalue weighted by atomic mass is 32.2. The first kappa shape index (κ1) is 14.2. The van der Waals surface area contributed by atoms with Crippen LogP contribution in [0.4, 0.5) is 0 Å². The van der Waals surface area contributed by atoms with Crippen LogP contribution in [0.2, 0.25) is 0 Å². The molecule has 1 aromatic rings. The molecule has 0 amide bonds. The minimum absolute atomic E-state index is 0.131. The van der Waals surface area contributed by atoms with Gasteiger partial charge >= 0.3 is 0 Å². The number of aryl methyl sites for hydroxylation is 1. The molecule has 0 unspecified atom stereocenters. The van der Waals surface area contributed by atoms with E-state index in [1.807, 2.05) is 31.2 Å². The number of sulfonamides is 1. The van der Waals surface area contributed by atoms with Gasteiger partial charge in [-0.05, 0) is 18.1 Å². The lowest BCUT2D eigenvalue weighted by Crippen LogP contribution is -2.31.